The Bertz CT molecular complexity index is 778. The summed E-state index contributed by atoms with van der Waals surface area (Å²) >= 11 is 6.11. The van der Waals surface area contributed by atoms with Crippen molar-refractivity contribution >= 4 is 33.5 Å². The molecular weight excluding hydrogens is 392 g/mol. The van der Waals surface area contributed by atoms with E-state index in [2.05, 4.69) is 5.32 Å². The van der Waals surface area contributed by atoms with Gasteiger partial charge in [-0.25, -0.2) is 13.2 Å². The number of benzene rings is 1. The van der Waals surface area contributed by atoms with Gasteiger partial charge in [0.1, 0.15) is 6.04 Å². The Morgan fingerprint density at radius 2 is 1.81 bits per heavy atom. The van der Waals surface area contributed by atoms with Crippen LogP contribution in [0.5, 0.6) is 0 Å². The number of rotatable bonds is 9. The van der Waals surface area contributed by atoms with E-state index in [4.69, 9.17) is 16.3 Å². The van der Waals surface area contributed by atoms with Crippen LogP contribution in [-0.4, -0.2) is 50.8 Å². The first kappa shape index (κ1) is 23.4. The predicted molar refractivity (Wildman–Crippen MR) is 104 cm³/mol. The number of amides is 1. The number of halogens is 1. The smallest absolute Gasteiger partial charge is 0.328 e. The van der Waals surface area contributed by atoms with E-state index in [-0.39, 0.29) is 21.4 Å². The lowest BCUT2D eigenvalue weighted by Gasteiger charge is -2.22. The fourth-order valence-electron chi connectivity index (χ4n) is 2.57. The summed E-state index contributed by atoms with van der Waals surface area (Å²) in [6.45, 7) is 7.78. The quantitative estimate of drug-likeness (QED) is 0.622. The lowest BCUT2D eigenvalue weighted by molar-refractivity contribution is -0.144. The molecule has 0 aliphatic carbocycles. The van der Waals surface area contributed by atoms with Gasteiger partial charge in [0.05, 0.1) is 22.6 Å². The molecule has 1 aromatic rings. The number of nitrogens with zero attached hydrogens (tertiary/aromatic N) is 1. The minimum atomic E-state index is -3.74. The molecule has 0 aromatic heterocycles. The topological polar surface area (TPSA) is 92.8 Å². The third-order valence-corrected chi connectivity index (χ3v) is 6.86. The van der Waals surface area contributed by atoms with Crippen LogP contribution in [-0.2, 0) is 19.6 Å². The fourth-order valence-corrected chi connectivity index (χ4v) is 4.25. The zero-order valence-electron chi connectivity index (χ0n) is 16.3. The summed E-state index contributed by atoms with van der Waals surface area (Å²) in [5.41, 5.74) is -0.0119. The molecule has 2 atom stereocenters. The number of esters is 1. The van der Waals surface area contributed by atoms with E-state index in [1.54, 1.807) is 13.8 Å². The lowest BCUT2D eigenvalue weighted by Crippen LogP contribution is -2.45. The maximum absolute atomic E-state index is 12.7. The van der Waals surface area contributed by atoms with Crippen LogP contribution in [0.2, 0.25) is 5.02 Å². The Labute approximate surface area is 166 Å². The summed E-state index contributed by atoms with van der Waals surface area (Å²) < 4.78 is 31.4. The van der Waals surface area contributed by atoms with Crippen molar-refractivity contribution in [2.45, 2.75) is 45.1 Å². The van der Waals surface area contributed by atoms with Crippen molar-refractivity contribution in [2.24, 2.45) is 5.92 Å². The first-order valence-electron chi connectivity index (χ1n) is 8.82. The van der Waals surface area contributed by atoms with Gasteiger partial charge >= 0.3 is 5.97 Å². The Kier molecular flexibility index (Phi) is 8.71. The zero-order chi connectivity index (χ0) is 20.8. The predicted octanol–water partition coefficient (Wildman–Crippen LogP) is 2.69. The highest BCUT2D eigenvalue weighted by atomic mass is 35.5. The second-order valence-electron chi connectivity index (χ2n) is 6.09. The van der Waals surface area contributed by atoms with Crippen molar-refractivity contribution in [3.63, 3.8) is 0 Å². The Hall–Kier alpha value is -1.64. The molecule has 0 fully saturated rings. The fraction of sp³-hybridized carbons (Fsp3) is 0.556. The van der Waals surface area contributed by atoms with E-state index in [1.807, 2.05) is 13.8 Å². The van der Waals surface area contributed by atoms with Crippen LogP contribution in [0.3, 0.4) is 0 Å². The Morgan fingerprint density at radius 3 is 2.30 bits per heavy atom. The highest BCUT2D eigenvalue weighted by Crippen LogP contribution is 2.23. The second-order valence-corrected chi connectivity index (χ2v) is 8.44. The molecule has 0 unspecified atom stereocenters. The van der Waals surface area contributed by atoms with Gasteiger partial charge in [-0.3, -0.25) is 4.79 Å². The summed E-state index contributed by atoms with van der Waals surface area (Å²) in [4.78, 5) is 24.6. The number of ether oxygens (including phenoxy) is 1. The third kappa shape index (κ3) is 5.43. The molecule has 0 aliphatic rings. The van der Waals surface area contributed by atoms with Crippen molar-refractivity contribution < 1.29 is 22.7 Å². The molecule has 152 valence electrons. The van der Waals surface area contributed by atoms with Crippen molar-refractivity contribution in [1.29, 1.82) is 0 Å². The number of nitrogens with one attached hydrogen (secondary N) is 1. The highest BCUT2D eigenvalue weighted by molar-refractivity contribution is 7.89. The van der Waals surface area contributed by atoms with Gasteiger partial charge in [-0.1, -0.05) is 45.7 Å². The van der Waals surface area contributed by atoms with Crippen LogP contribution in [0, 0.1) is 5.92 Å². The van der Waals surface area contributed by atoms with Crippen LogP contribution < -0.4 is 5.32 Å². The number of sulfonamides is 1. The number of hydrogen-bond donors (Lipinski definition) is 1. The zero-order valence-corrected chi connectivity index (χ0v) is 17.9. The SMILES string of the molecule is CC[C@H](C)[C@H](NC(=O)c1cc(S(=O)(=O)N(CC)CC)ccc1Cl)C(=O)OC. The highest BCUT2D eigenvalue weighted by Gasteiger charge is 2.29. The van der Waals surface area contributed by atoms with Gasteiger partial charge in [0.25, 0.3) is 5.91 Å². The number of carbonyl (C=O) groups excluding carboxylic acids is 2. The molecule has 0 aliphatic heterocycles. The van der Waals surface area contributed by atoms with Crippen molar-refractivity contribution in [1.82, 2.24) is 9.62 Å². The number of hydrogen-bond acceptors (Lipinski definition) is 5. The van der Waals surface area contributed by atoms with Gasteiger partial charge in [0, 0.05) is 13.1 Å². The Morgan fingerprint density at radius 1 is 1.22 bits per heavy atom. The maximum atomic E-state index is 12.7. The molecule has 0 radical (unpaired) electrons. The maximum Gasteiger partial charge on any atom is 0.328 e. The molecule has 1 amide bonds. The van der Waals surface area contributed by atoms with Crippen molar-refractivity contribution in [2.75, 3.05) is 20.2 Å². The molecule has 27 heavy (non-hydrogen) atoms. The van der Waals surface area contributed by atoms with Crippen molar-refractivity contribution in [3.8, 4) is 0 Å². The van der Waals surface area contributed by atoms with E-state index in [9.17, 15) is 18.0 Å². The summed E-state index contributed by atoms with van der Waals surface area (Å²) in [5.74, 6) is -1.36. The molecular formula is C18H27ClN2O5S. The molecule has 0 saturated heterocycles. The molecule has 0 bridgehead atoms. The number of methoxy groups -OCH3 is 1. The molecule has 0 heterocycles. The minimum absolute atomic E-state index is 0.0119. The Balaban J connectivity index is 3.26. The minimum Gasteiger partial charge on any atom is -0.467 e. The molecule has 1 N–H and O–H groups in total. The lowest BCUT2D eigenvalue weighted by atomic mass is 9.99. The summed E-state index contributed by atoms with van der Waals surface area (Å²) in [5, 5.41) is 2.70. The number of carbonyl (C=O) groups is 2. The first-order chi connectivity index (χ1) is 12.6. The van der Waals surface area contributed by atoms with Gasteiger partial charge in [-0.05, 0) is 24.1 Å². The molecule has 1 rings (SSSR count). The summed E-state index contributed by atoms with van der Waals surface area (Å²) in [6, 6.07) is 3.10. The largest absolute Gasteiger partial charge is 0.467 e. The van der Waals surface area contributed by atoms with E-state index in [1.165, 1.54) is 29.6 Å². The molecule has 0 saturated carbocycles. The average Bonchev–Trinajstić information content (AvgIpc) is 2.65. The molecule has 0 spiro atoms. The third-order valence-electron chi connectivity index (χ3n) is 4.48. The van der Waals surface area contributed by atoms with Crippen LogP contribution in [0.25, 0.3) is 0 Å². The average molecular weight is 419 g/mol. The van der Waals surface area contributed by atoms with E-state index >= 15 is 0 Å². The first-order valence-corrected chi connectivity index (χ1v) is 10.6. The van der Waals surface area contributed by atoms with Gasteiger partial charge in [0.2, 0.25) is 10.0 Å². The molecule has 1 aromatic carbocycles. The summed E-state index contributed by atoms with van der Waals surface area (Å²) in [7, 11) is -2.50. The van der Waals surface area contributed by atoms with Gasteiger partial charge in [-0.2, -0.15) is 4.31 Å². The standard InChI is InChI=1S/C18H27ClN2O5S/c1-6-12(4)16(18(23)26-5)20-17(22)14-11-13(9-10-15(14)19)27(24,25)21(7-2)8-3/h9-12,16H,6-8H2,1-5H3,(H,20,22)/t12-,16-/m0/s1. The molecule has 9 heteroatoms. The van der Waals surface area contributed by atoms with Crippen LogP contribution in [0.15, 0.2) is 23.1 Å². The second kappa shape index (κ2) is 10.1. The van der Waals surface area contributed by atoms with E-state index < -0.39 is 27.9 Å². The van der Waals surface area contributed by atoms with Gasteiger partial charge in [-0.15, -0.1) is 0 Å². The van der Waals surface area contributed by atoms with E-state index in [0.717, 1.165) is 0 Å². The summed E-state index contributed by atoms with van der Waals surface area (Å²) in [6.07, 6.45) is 0.643. The monoisotopic (exact) mass is 418 g/mol. The van der Waals surface area contributed by atoms with Gasteiger partial charge < -0.3 is 10.1 Å². The molecule has 7 nitrogen and oxygen atoms in total. The van der Waals surface area contributed by atoms with Crippen LogP contribution in [0.4, 0.5) is 0 Å². The normalized spacial score (nSPS) is 13.9. The van der Waals surface area contributed by atoms with Gasteiger partial charge in [0.15, 0.2) is 0 Å². The van der Waals surface area contributed by atoms with Crippen LogP contribution in [0.1, 0.15) is 44.5 Å². The van der Waals surface area contributed by atoms with E-state index in [0.29, 0.717) is 19.5 Å². The van der Waals surface area contributed by atoms with Crippen LogP contribution >= 0.6 is 11.6 Å². The van der Waals surface area contributed by atoms with Crippen molar-refractivity contribution in [3.05, 3.63) is 28.8 Å².